The minimum atomic E-state index is -0.0561. The summed E-state index contributed by atoms with van der Waals surface area (Å²) in [5.74, 6) is 1.58. The number of rotatable bonds is 1. The molecule has 0 aromatic heterocycles. The Bertz CT molecular complexity index is 663. The van der Waals surface area contributed by atoms with Gasteiger partial charge in [-0.2, -0.15) is 5.10 Å². The van der Waals surface area contributed by atoms with E-state index in [-0.39, 0.29) is 5.54 Å². The molecule has 1 aromatic rings. The number of para-hydroxylation sites is 1. The maximum atomic E-state index is 6.38. The van der Waals surface area contributed by atoms with Crippen molar-refractivity contribution in [2.75, 3.05) is 11.6 Å². The predicted molar refractivity (Wildman–Crippen MR) is 87.3 cm³/mol. The maximum absolute atomic E-state index is 6.38. The second kappa shape index (κ2) is 4.62. The third-order valence-electron chi connectivity index (χ3n) is 3.90. The lowest BCUT2D eigenvalue weighted by atomic mass is 10.0. The van der Waals surface area contributed by atoms with Gasteiger partial charge in [0.05, 0.1) is 18.5 Å². The number of anilines is 1. The molecule has 110 valence electrons. The van der Waals surface area contributed by atoms with Crippen molar-refractivity contribution in [1.29, 1.82) is 0 Å². The first-order valence-electron chi connectivity index (χ1n) is 7.11. The molecule has 1 aromatic carbocycles. The number of nitrogens with zero attached hydrogens (tertiary/aromatic N) is 4. The molecule has 3 rings (SSSR count). The zero-order chi connectivity index (χ0) is 15.2. The van der Waals surface area contributed by atoms with Crippen LogP contribution in [0.25, 0.3) is 0 Å². The Morgan fingerprint density at radius 2 is 1.90 bits per heavy atom. The van der Waals surface area contributed by atoms with E-state index in [9.17, 15) is 0 Å². The molecular weight excluding hydrogens is 262 g/mol. The highest BCUT2D eigenvalue weighted by molar-refractivity contribution is 6.19. The van der Waals surface area contributed by atoms with Crippen molar-refractivity contribution in [3.8, 4) is 0 Å². The number of benzene rings is 1. The standard InChI is InChI=1S/C16H21N5/c1-11-7-5-6-8-13(11)20-10-21(16(2,3)4)15-12(14(20)17)9-18-19-15/h5-9H,10,17H2,1-4H3. The summed E-state index contributed by atoms with van der Waals surface area (Å²) < 4.78 is 0. The van der Waals surface area contributed by atoms with Gasteiger partial charge in [-0.3, -0.25) is 0 Å². The lowest BCUT2D eigenvalue weighted by Gasteiger charge is -2.45. The fraction of sp³-hybridized carbons (Fsp3) is 0.375. The molecule has 21 heavy (non-hydrogen) atoms. The molecule has 2 N–H and O–H groups in total. The molecule has 0 saturated heterocycles. The van der Waals surface area contributed by atoms with E-state index >= 15 is 0 Å². The SMILES string of the molecule is Cc1ccccc1N1CN(C(C)(C)C)C2=NN=CC2=C1N. The van der Waals surface area contributed by atoms with Crippen LogP contribution in [0.15, 0.2) is 45.9 Å². The van der Waals surface area contributed by atoms with Crippen LogP contribution in [0.3, 0.4) is 0 Å². The summed E-state index contributed by atoms with van der Waals surface area (Å²) in [6, 6.07) is 8.27. The van der Waals surface area contributed by atoms with Crippen molar-refractivity contribution >= 4 is 17.7 Å². The highest BCUT2D eigenvalue weighted by atomic mass is 15.4. The Labute approximate surface area is 125 Å². The third-order valence-corrected chi connectivity index (χ3v) is 3.90. The summed E-state index contributed by atoms with van der Waals surface area (Å²) in [5.41, 5.74) is 9.54. The Balaban J connectivity index is 2.11. The highest BCUT2D eigenvalue weighted by Crippen LogP contribution is 2.31. The topological polar surface area (TPSA) is 57.2 Å². The Kier molecular flexibility index (Phi) is 3.01. The Morgan fingerprint density at radius 3 is 2.57 bits per heavy atom. The quantitative estimate of drug-likeness (QED) is 0.861. The van der Waals surface area contributed by atoms with Gasteiger partial charge in [0.1, 0.15) is 5.82 Å². The minimum absolute atomic E-state index is 0.0561. The van der Waals surface area contributed by atoms with Gasteiger partial charge in [-0.25, -0.2) is 0 Å². The van der Waals surface area contributed by atoms with Crippen LogP contribution < -0.4 is 10.6 Å². The van der Waals surface area contributed by atoms with E-state index in [0.29, 0.717) is 12.5 Å². The van der Waals surface area contributed by atoms with Gasteiger partial charge < -0.3 is 15.5 Å². The van der Waals surface area contributed by atoms with Crippen LogP contribution in [0.4, 0.5) is 5.69 Å². The fourth-order valence-electron chi connectivity index (χ4n) is 2.66. The first-order valence-corrected chi connectivity index (χ1v) is 7.11. The first-order chi connectivity index (χ1) is 9.89. The molecule has 0 bridgehead atoms. The van der Waals surface area contributed by atoms with Gasteiger partial charge in [0.25, 0.3) is 0 Å². The van der Waals surface area contributed by atoms with E-state index in [1.54, 1.807) is 6.21 Å². The fourth-order valence-corrected chi connectivity index (χ4v) is 2.66. The number of hydrogen-bond acceptors (Lipinski definition) is 5. The molecule has 5 nitrogen and oxygen atoms in total. The molecule has 0 saturated carbocycles. The van der Waals surface area contributed by atoms with Crippen molar-refractivity contribution < 1.29 is 0 Å². The molecule has 0 unspecified atom stereocenters. The molecule has 0 spiro atoms. The monoisotopic (exact) mass is 283 g/mol. The number of fused-ring (bicyclic) bond motifs is 1. The average Bonchev–Trinajstić information content (AvgIpc) is 2.88. The molecule has 0 radical (unpaired) electrons. The van der Waals surface area contributed by atoms with E-state index in [1.165, 1.54) is 5.56 Å². The molecule has 2 aliphatic heterocycles. The molecule has 0 fully saturated rings. The van der Waals surface area contributed by atoms with Crippen LogP contribution >= 0.6 is 0 Å². The number of hydrogen-bond donors (Lipinski definition) is 1. The van der Waals surface area contributed by atoms with E-state index in [2.05, 4.69) is 59.8 Å². The lowest BCUT2D eigenvalue weighted by molar-refractivity contribution is 0.236. The minimum Gasteiger partial charge on any atom is -0.384 e. The van der Waals surface area contributed by atoms with E-state index in [1.807, 2.05) is 12.1 Å². The Hall–Kier alpha value is -2.30. The molecule has 0 atom stereocenters. The average molecular weight is 283 g/mol. The van der Waals surface area contributed by atoms with Crippen molar-refractivity contribution in [1.82, 2.24) is 4.90 Å². The van der Waals surface area contributed by atoms with Crippen LogP contribution in [0.2, 0.25) is 0 Å². The lowest BCUT2D eigenvalue weighted by Crippen LogP contribution is -2.56. The van der Waals surface area contributed by atoms with E-state index in [4.69, 9.17) is 5.73 Å². The number of amidine groups is 1. The van der Waals surface area contributed by atoms with E-state index < -0.39 is 0 Å². The number of nitrogens with two attached hydrogens (primary N) is 1. The molecule has 0 amide bonds. The van der Waals surface area contributed by atoms with Crippen molar-refractivity contribution in [2.45, 2.75) is 33.2 Å². The molecule has 5 heteroatoms. The first kappa shape index (κ1) is 13.7. The predicted octanol–water partition coefficient (Wildman–Crippen LogP) is 2.44. The van der Waals surface area contributed by atoms with Crippen molar-refractivity contribution in [3.63, 3.8) is 0 Å². The van der Waals surface area contributed by atoms with Gasteiger partial charge in [0.2, 0.25) is 0 Å². The normalized spacial score (nSPS) is 18.2. The van der Waals surface area contributed by atoms with Gasteiger partial charge in [0, 0.05) is 11.2 Å². The van der Waals surface area contributed by atoms with Gasteiger partial charge in [-0.05, 0) is 39.3 Å². The summed E-state index contributed by atoms with van der Waals surface area (Å²) in [7, 11) is 0. The second-order valence-electron chi connectivity index (χ2n) is 6.42. The molecule has 2 aliphatic rings. The van der Waals surface area contributed by atoms with Crippen molar-refractivity contribution in [3.05, 3.63) is 41.2 Å². The van der Waals surface area contributed by atoms with Crippen LogP contribution in [-0.4, -0.2) is 29.2 Å². The summed E-state index contributed by atoms with van der Waals surface area (Å²) in [4.78, 5) is 4.37. The summed E-state index contributed by atoms with van der Waals surface area (Å²) in [6.07, 6.45) is 1.74. The van der Waals surface area contributed by atoms with Crippen molar-refractivity contribution in [2.24, 2.45) is 15.9 Å². The second-order valence-corrected chi connectivity index (χ2v) is 6.42. The smallest absolute Gasteiger partial charge is 0.165 e. The van der Waals surface area contributed by atoms with Crippen LogP contribution in [0, 0.1) is 6.92 Å². The zero-order valence-corrected chi connectivity index (χ0v) is 13.0. The van der Waals surface area contributed by atoms with Gasteiger partial charge in [-0.1, -0.05) is 18.2 Å². The summed E-state index contributed by atoms with van der Waals surface area (Å²) in [6.45, 7) is 9.28. The highest BCUT2D eigenvalue weighted by Gasteiger charge is 2.36. The van der Waals surface area contributed by atoms with Gasteiger partial charge >= 0.3 is 0 Å². The van der Waals surface area contributed by atoms with Crippen LogP contribution in [-0.2, 0) is 0 Å². The number of aryl methyl sites for hydroxylation is 1. The molecule has 2 heterocycles. The Morgan fingerprint density at radius 1 is 1.19 bits per heavy atom. The van der Waals surface area contributed by atoms with Crippen LogP contribution in [0.5, 0.6) is 0 Å². The summed E-state index contributed by atoms with van der Waals surface area (Å²) >= 11 is 0. The maximum Gasteiger partial charge on any atom is 0.165 e. The van der Waals surface area contributed by atoms with Crippen LogP contribution in [0.1, 0.15) is 26.3 Å². The third kappa shape index (κ3) is 2.18. The van der Waals surface area contributed by atoms with Gasteiger partial charge in [0.15, 0.2) is 5.84 Å². The summed E-state index contributed by atoms with van der Waals surface area (Å²) in [5, 5.41) is 8.30. The zero-order valence-electron chi connectivity index (χ0n) is 13.0. The molecular formula is C16H21N5. The largest absolute Gasteiger partial charge is 0.384 e. The van der Waals surface area contributed by atoms with Gasteiger partial charge in [-0.15, -0.1) is 5.10 Å². The van der Waals surface area contributed by atoms with E-state index in [0.717, 1.165) is 17.1 Å². The molecule has 0 aliphatic carbocycles.